The average Bonchev–Trinajstić information content (AvgIpc) is 3.23. The van der Waals surface area contributed by atoms with Crippen LogP contribution in [0.4, 0.5) is 11.4 Å². The third kappa shape index (κ3) is 3.06. The third-order valence-corrected chi connectivity index (χ3v) is 5.50. The number of benzene rings is 2. The lowest BCUT2D eigenvalue weighted by Crippen LogP contribution is -2.30. The van der Waals surface area contributed by atoms with Gasteiger partial charge in [0.25, 0.3) is 0 Å². The Kier molecular flexibility index (Phi) is 4.38. The monoisotopic (exact) mass is 365 g/mol. The molecule has 2 heterocycles. The Balaban J connectivity index is 1.47. The summed E-state index contributed by atoms with van der Waals surface area (Å²) in [7, 11) is 1.90. The van der Waals surface area contributed by atoms with Crippen molar-refractivity contribution in [1.82, 2.24) is 14.8 Å². The van der Waals surface area contributed by atoms with Crippen LogP contribution >= 0.6 is 11.8 Å². The second-order valence-corrected chi connectivity index (χ2v) is 7.15. The van der Waals surface area contributed by atoms with E-state index in [9.17, 15) is 4.79 Å². The van der Waals surface area contributed by atoms with Gasteiger partial charge in [-0.3, -0.25) is 4.79 Å². The fraction of sp³-hybridized carbons (Fsp3) is 0.211. The van der Waals surface area contributed by atoms with Gasteiger partial charge >= 0.3 is 0 Å². The highest BCUT2D eigenvalue weighted by Crippen LogP contribution is 2.29. The number of amides is 1. The summed E-state index contributed by atoms with van der Waals surface area (Å²) in [4.78, 5) is 14.5. The van der Waals surface area contributed by atoms with Gasteiger partial charge in [-0.05, 0) is 30.2 Å². The molecule has 26 heavy (non-hydrogen) atoms. The SMILES string of the molecule is Cn1c(SCC(=O)N2CCc3ccccc32)nnc1-c1cccc(N)c1. The van der Waals surface area contributed by atoms with Crippen LogP contribution in [-0.4, -0.2) is 33.0 Å². The quantitative estimate of drug-likeness (QED) is 0.568. The van der Waals surface area contributed by atoms with Crippen molar-refractivity contribution in [2.45, 2.75) is 11.6 Å². The van der Waals surface area contributed by atoms with Gasteiger partial charge in [-0.2, -0.15) is 0 Å². The first-order valence-electron chi connectivity index (χ1n) is 8.40. The number of nitrogens with two attached hydrogens (primary N) is 1. The molecule has 0 saturated carbocycles. The molecule has 6 nitrogen and oxygen atoms in total. The van der Waals surface area contributed by atoms with Crippen LogP contribution in [0.15, 0.2) is 53.7 Å². The summed E-state index contributed by atoms with van der Waals surface area (Å²) < 4.78 is 1.89. The predicted molar refractivity (Wildman–Crippen MR) is 104 cm³/mol. The van der Waals surface area contributed by atoms with Crippen molar-refractivity contribution in [2.24, 2.45) is 7.05 Å². The number of carbonyl (C=O) groups excluding carboxylic acids is 1. The van der Waals surface area contributed by atoms with E-state index in [0.717, 1.165) is 30.0 Å². The molecular formula is C19H19N5OS. The highest BCUT2D eigenvalue weighted by Gasteiger charge is 2.24. The van der Waals surface area contributed by atoms with Crippen molar-refractivity contribution < 1.29 is 4.79 Å². The Morgan fingerprint density at radius 1 is 1.19 bits per heavy atom. The van der Waals surface area contributed by atoms with E-state index in [1.807, 2.05) is 59.0 Å². The van der Waals surface area contributed by atoms with E-state index < -0.39 is 0 Å². The van der Waals surface area contributed by atoms with Crippen molar-refractivity contribution in [3.05, 3.63) is 54.1 Å². The van der Waals surface area contributed by atoms with E-state index in [-0.39, 0.29) is 5.91 Å². The molecule has 7 heteroatoms. The third-order valence-electron chi connectivity index (χ3n) is 4.49. The van der Waals surface area contributed by atoms with E-state index in [2.05, 4.69) is 16.3 Å². The molecule has 4 rings (SSSR count). The van der Waals surface area contributed by atoms with Gasteiger partial charge < -0.3 is 15.2 Å². The molecule has 0 atom stereocenters. The Bertz CT molecular complexity index is 968. The lowest BCUT2D eigenvalue weighted by molar-refractivity contribution is -0.116. The molecule has 0 bridgehead atoms. The van der Waals surface area contributed by atoms with Gasteiger partial charge in [0, 0.05) is 30.5 Å². The molecule has 0 aliphatic carbocycles. The Morgan fingerprint density at radius 2 is 2.04 bits per heavy atom. The number of fused-ring (bicyclic) bond motifs is 1. The molecule has 0 spiro atoms. The van der Waals surface area contributed by atoms with Crippen LogP contribution in [0.5, 0.6) is 0 Å². The van der Waals surface area contributed by atoms with Crippen molar-refractivity contribution in [2.75, 3.05) is 22.9 Å². The normalized spacial score (nSPS) is 13.0. The second-order valence-electron chi connectivity index (χ2n) is 6.20. The van der Waals surface area contributed by atoms with Crippen LogP contribution in [0.25, 0.3) is 11.4 Å². The molecule has 2 N–H and O–H groups in total. The number of aromatic nitrogens is 3. The average molecular weight is 365 g/mol. The maximum Gasteiger partial charge on any atom is 0.237 e. The number of nitrogens with zero attached hydrogens (tertiary/aromatic N) is 4. The highest BCUT2D eigenvalue weighted by molar-refractivity contribution is 7.99. The van der Waals surface area contributed by atoms with Gasteiger partial charge in [0.2, 0.25) is 5.91 Å². The lowest BCUT2D eigenvalue weighted by Gasteiger charge is -2.16. The zero-order valence-electron chi connectivity index (χ0n) is 14.4. The summed E-state index contributed by atoms with van der Waals surface area (Å²) in [6.07, 6.45) is 0.913. The fourth-order valence-electron chi connectivity index (χ4n) is 3.17. The summed E-state index contributed by atoms with van der Waals surface area (Å²) in [5, 5.41) is 9.19. The summed E-state index contributed by atoms with van der Waals surface area (Å²) in [6.45, 7) is 0.742. The molecule has 132 valence electrons. The van der Waals surface area contributed by atoms with Crippen LogP contribution in [-0.2, 0) is 18.3 Å². The summed E-state index contributed by atoms with van der Waals surface area (Å²) in [5.74, 6) is 1.16. The Labute approximate surface area is 156 Å². The minimum atomic E-state index is 0.0912. The number of para-hydroxylation sites is 1. The van der Waals surface area contributed by atoms with Crippen molar-refractivity contribution in [3.8, 4) is 11.4 Å². The van der Waals surface area contributed by atoms with Gasteiger partial charge in [0.1, 0.15) is 0 Å². The van der Waals surface area contributed by atoms with E-state index in [1.165, 1.54) is 17.3 Å². The molecule has 0 saturated heterocycles. The summed E-state index contributed by atoms with van der Waals surface area (Å²) in [5.41, 5.74) is 9.69. The molecule has 0 unspecified atom stereocenters. The van der Waals surface area contributed by atoms with Crippen LogP contribution in [0.1, 0.15) is 5.56 Å². The lowest BCUT2D eigenvalue weighted by atomic mass is 10.2. The van der Waals surface area contributed by atoms with Crippen LogP contribution in [0, 0.1) is 0 Å². The van der Waals surface area contributed by atoms with E-state index in [1.54, 1.807) is 0 Å². The number of hydrogen-bond donors (Lipinski definition) is 1. The smallest absolute Gasteiger partial charge is 0.237 e. The standard InChI is InChI=1S/C19H19N5OS/c1-23-18(14-6-4-7-15(20)11-14)21-22-19(23)26-12-17(25)24-10-9-13-5-2-3-8-16(13)24/h2-8,11H,9-10,12,20H2,1H3. The van der Waals surface area contributed by atoms with Gasteiger partial charge in [-0.25, -0.2) is 0 Å². The number of rotatable bonds is 4. The first-order valence-corrected chi connectivity index (χ1v) is 9.38. The molecule has 1 aliphatic heterocycles. The topological polar surface area (TPSA) is 77.0 Å². The van der Waals surface area contributed by atoms with E-state index in [4.69, 9.17) is 5.73 Å². The molecule has 2 aromatic carbocycles. The van der Waals surface area contributed by atoms with Crippen molar-refractivity contribution in [3.63, 3.8) is 0 Å². The number of carbonyl (C=O) groups is 1. The zero-order chi connectivity index (χ0) is 18.1. The van der Waals surface area contributed by atoms with Gasteiger partial charge in [-0.15, -0.1) is 10.2 Å². The largest absolute Gasteiger partial charge is 0.399 e. The fourth-order valence-corrected chi connectivity index (χ4v) is 3.96. The van der Waals surface area contributed by atoms with Crippen molar-refractivity contribution in [1.29, 1.82) is 0 Å². The predicted octanol–water partition coefficient (Wildman–Crippen LogP) is 2.75. The first kappa shape index (κ1) is 16.7. The van der Waals surface area contributed by atoms with Gasteiger partial charge in [-0.1, -0.05) is 42.1 Å². The second kappa shape index (κ2) is 6.84. The summed E-state index contributed by atoms with van der Waals surface area (Å²) >= 11 is 1.40. The summed E-state index contributed by atoms with van der Waals surface area (Å²) in [6, 6.07) is 15.6. The van der Waals surface area contributed by atoms with E-state index >= 15 is 0 Å². The number of nitrogen functional groups attached to an aromatic ring is 1. The van der Waals surface area contributed by atoms with Gasteiger partial charge in [0.15, 0.2) is 11.0 Å². The Hall–Kier alpha value is -2.80. The molecule has 1 aliphatic rings. The molecule has 3 aromatic rings. The number of hydrogen-bond acceptors (Lipinski definition) is 5. The van der Waals surface area contributed by atoms with Gasteiger partial charge in [0.05, 0.1) is 5.75 Å². The van der Waals surface area contributed by atoms with Crippen LogP contribution in [0.3, 0.4) is 0 Å². The number of thioether (sulfide) groups is 1. The van der Waals surface area contributed by atoms with E-state index in [0.29, 0.717) is 16.6 Å². The maximum atomic E-state index is 12.6. The molecular weight excluding hydrogens is 346 g/mol. The molecule has 0 radical (unpaired) electrons. The molecule has 0 fully saturated rings. The molecule has 1 aromatic heterocycles. The first-order chi connectivity index (χ1) is 12.6. The molecule has 1 amide bonds. The minimum absolute atomic E-state index is 0.0912. The highest BCUT2D eigenvalue weighted by atomic mass is 32.2. The maximum absolute atomic E-state index is 12.6. The minimum Gasteiger partial charge on any atom is -0.399 e. The van der Waals surface area contributed by atoms with Crippen molar-refractivity contribution >= 4 is 29.0 Å². The number of anilines is 2. The van der Waals surface area contributed by atoms with Crippen LogP contribution in [0.2, 0.25) is 0 Å². The zero-order valence-corrected chi connectivity index (χ0v) is 15.2. The Morgan fingerprint density at radius 3 is 2.88 bits per heavy atom. The van der Waals surface area contributed by atoms with Crippen LogP contribution < -0.4 is 10.6 Å².